The maximum Gasteiger partial charge on any atom is 0.336 e. The first-order valence-electron chi connectivity index (χ1n) is 4.00. The fourth-order valence-corrected chi connectivity index (χ4v) is 1.32. The molecule has 0 amide bonds. The number of carbonyl (C=O) groups excluding carboxylic acids is 1. The van der Waals surface area contributed by atoms with E-state index in [1.807, 2.05) is 0 Å². The predicted molar refractivity (Wildman–Crippen MR) is 52.7 cm³/mol. The summed E-state index contributed by atoms with van der Waals surface area (Å²) in [5.74, 6) is -1.34. The molecule has 0 radical (unpaired) electrons. The summed E-state index contributed by atoms with van der Waals surface area (Å²) < 4.78 is 0. The minimum Gasteiger partial charge on any atom is -0.478 e. The Morgan fingerprint density at radius 1 is 1.36 bits per heavy atom. The zero-order valence-electron chi connectivity index (χ0n) is 7.53. The zero-order chi connectivity index (χ0) is 10.7. The number of halogens is 1. The smallest absolute Gasteiger partial charge is 0.336 e. The quantitative estimate of drug-likeness (QED) is 0.782. The van der Waals surface area contributed by atoms with Crippen molar-refractivity contribution in [3.05, 3.63) is 35.4 Å². The minimum absolute atomic E-state index is 0.0719. The van der Waals surface area contributed by atoms with Crippen LogP contribution < -0.4 is 0 Å². The van der Waals surface area contributed by atoms with E-state index >= 15 is 0 Å². The average Bonchev–Trinajstić information content (AvgIpc) is 2.16. The molecule has 0 bridgehead atoms. The molecule has 1 aromatic carbocycles. The Morgan fingerprint density at radius 2 is 1.93 bits per heavy atom. The Hall–Kier alpha value is -1.35. The van der Waals surface area contributed by atoms with Gasteiger partial charge in [-0.2, -0.15) is 0 Å². The third-order valence-electron chi connectivity index (χ3n) is 1.82. The van der Waals surface area contributed by atoms with Gasteiger partial charge in [-0.1, -0.05) is 18.2 Å². The van der Waals surface area contributed by atoms with Gasteiger partial charge in [-0.15, -0.1) is 11.6 Å². The molecular weight excluding hydrogens is 204 g/mol. The van der Waals surface area contributed by atoms with Crippen LogP contribution in [0.5, 0.6) is 0 Å². The molecule has 0 aromatic heterocycles. The summed E-state index contributed by atoms with van der Waals surface area (Å²) in [6.07, 6.45) is 0. The number of hydrogen-bond acceptors (Lipinski definition) is 2. The van der Waals surface area contributed by atoms with Crippen molar-refractivity contribution in [1.82, 2.24) is 0 Å². The molecule has 0 saturated heterocycles. The van der Waals surface area contributed by atoms with E-state index < -0.39 is 11.3 Å². The van der Waals surface area contributed by atoms with Gasteiger partial charge in [0.25, 0.3) is 0 Å². The fraction of sp³-hybridized carbons (Fsp3) is 0.200. The van der Waals surface area contributed by atoms with Gasteiger partial charge in [0, 0.05) is 0 Å². The molecule has 1 atom stereocenters. The van der Waals surface area contributed by atoms with Crippen molar-refractivity contribution in [2.75, 3.05) is 0 Å². The Labute approximate surface area is 86.3 Å². The SMILES string of the molecule is CC(=O)C(Cl)c1ccccc1C(=O)O. The van der Waals surface area contributed by atoms with Crippen molar-refractivity contribution in [3.63, 3.8) is 0 Å². The zero-order valence-corrected chi connectivity index (χ0v) is 8.28. The maximum atomic E-state index is 11.0. The minimum atomic E-state index is -1.08. The van der Waals surface area contributed by atoms with Gasteiger partial charge < -0.3 is 5.11 Å². The highest BCUT2D eigenvalue weighted by Gasteiger charge is 2.19. The van der Waals surface area contributed by atoms with Crippen LogP contribution in [0.4, 0.5) is 0 Å². The molecule has 0 fully saturated rings. The predicted octanol–water partition coefficient (Wildman–Crippen LogP) is 2.25. The molecule has 4 heteroatoms. The molecule has 1 rings (SSSR count). The van der Waals surface area contributed by atoms with Crippen molar-refractivity contribution in [1.29, 1.82) is 0 Å². The van der Waals surface area contributed by atoms with Gasteiger partial charge in [-0.05, 0) is 18.6 Å². The molecule has 0 heterocycles. The van der Waals surface area contributed by atoms with Gasteiger partial charge in [-0.3, -0.25) is 4.79 Å². The summed E-state index contributed by atoms with van der Waals surface area (Å²) in [6, 6.07) is 6.22. The van der Waals surface area contributed by atoms with Crippen LogP contribution in [-0.4, -0.2) is 16.9 Å². The van der Waals surface area contributed by atoms with Gasteiger partial charge in [0.05, 0.1) is 5.56 Å². The molecule has 0 saturated carbocycles. The van der Waals surface area contributed by atoms with E-state index in [0.717, 1.165) is 0 Å². The summed E-state index contributed by atoms with van der Waals surface area (Å²) in [4.78, 5) is 21.8. The van der Waals surface area contributed by atoms with Gasteiger partial charge in [0.2, 0.25) is 0 Å². The summed E-state index contributed by atoms with van der Waals surface area (Å²) in [7, 11) is 0. The number of hydrogen-bond donors (Lipinski definition) is 1. The lowest BCUT2D eigenvalue weighted by atomic mass is 10.0. The molecule has 1 N–H and O–H groups in total. The highest BCUT2D eigenvalue weighted by atomic mass is 35.5. The van der Waals surface area contributed by atoms with Crippen LogP contribution in [0.2, 0.25) is 0 Å². The van der Waals surface area contributed by atoms with E-state index in [4.69, 9.17) is 16.7 Å². The molecule has 0 spiro atoms. The summed E-state index contributed by atoms with van der Waals surface area (Å²) >= 11 is 5.78. The van der Waals surface area contributed by atoms with Crippen molar-refractivity contribution in [2.24, 2.45) is 0 Å². The summed E-state index contributed by atoms with van der Waals surface area (Å²) in [6.45, 7) is 1.33. The summed E-state index contributed by atoms with van der Waals surface area (Å²) in [5.41, 5.74) is 0.414. The molecule has 3 nitrogen and oxygen atoms in total. The number of benzene rings is 1. The molecule has 0 aliphatic carbocycles. The number of carboxylic acid groups (broad SMARTS) is 1. The summed E-state index contributed by atoms with van der Waals surface area (Å²) in [5, 5.41) is 7.94. The molecule has 1 aromatic rings. The molecular formula is C10H9ClO3. The second-order valence-electron chi connectivity index (χ2n) is 2.87. The van der Waals surface area contributed by atoms with Crippen molar-refractivity contribution in [3.8, 4) is 0 Å². The van der Waals surface area contributed by atoms with Crippen LogP contribution in [0.3, 0.4) is 0 Å². The lowest BCUT2D eigenvalue weighted by Crippen LogP contribution is -2.08. The number of rotatable bonds is 3. The molecule has 0 aliphatic rings. The number of ketones is 1. The largest absolute Gasteiger partial charge is 0.478 e. The normalized spacial score (nSPS) is 12.1. The Morgan fingerprint density at radius 3 is 2.43 bits per heavy atom. The number of aromatic carboxylic acids is 1. The van der Waals surface area contributed by atoms with Gasteiger partial charge in [0.1, 0.15) is 5.38 Å². The van der Waals surface area contributed by atoms with Gasteiger partial charge >= 0.3 is 5.97 Å². The topological polar surface area (TPSA) is 54.4 Å². The standard InChI is InChI=1S/C10H9ClO3/c1-6(12)9(11)7-4-2-3-5-8(7)10(13)14/h2-5,9H,1H3,(H,13,14). The number of carbonyl (C=O) groups is 2. The lowest BCUT2D eigenvalue weighted by molar-refractivity contribution is -0.116. The van der Waals surface area contributed by atoms with E-state index in [-0.39, 0.29) is 11.3 Å². The first-order valence-corrected chi connectivity index (χ1v) is 4.44. The van der Waals surface area contributed by atoms with Gasteiger partial charge in [0.15, 0.2) is 5.78 Å². The van der Waals surface area contributed by atoms with Crippen molar-refractivity contribution < 1.29 is 14.7 Å². The van der Waals surface area contributed by atoms with E-state index in [2.05, 4.69) is 0 Å². The second-order valence-corrected chi connectivity index (χ2v) is 3.30. The van der Waals surface area contributed by atoms with Gasteiger partial charge in [-0.25, -0.2) is 4.79 Å². The highest BCUT2D eigenvalue weighted by Crippen LogP contribution is 2.24. The van der Waals surface area contributed by atoms with E-state index in [1.54, 1.807) is 18.2 Å². The molecule has 74 valence electrons. The average molecular weight is 213 g/mol. The highest BCUT2D eigenvalue weighted by molar-refractivity contribution is 6.31. The first kappa shape index (κ1) is 10.7. The second kappa shape index (κ2) is 4.24. The van der Waals surface area contributed by atoms with E-state index in [9.17, 15) is 9.59 Å². The Bertz CT molecular complexity index is 373. The molecule has 1 unspecified atom stereocenters. The third-order valence-corrected chi connectivity index (χ3v) is 2.36. The first-order chi connectivity index (χ1) is 6.54. The fourth-order valence-electron chi connectivity index (χ4n) is 1.13. The van der Waals surface area contributed by atoms with Crippen LogP contribution in [-0.2, 0) is 4.79 Å². The number of carboxylic acids is 1. The van der Waals surface area contributed by atoms with Crippen molar-refractivity contribution in [2.45, 2.75) is 12.3 Å². The van der Waals surface area contributed by atoms with Crippen molar-refractivity contribution >= 4 is 23.4 Å². The lowest BCUT2D eigenvalue weighted by Gasteiger charge is -2.08. The maximum absolute atomic E-state index is 11.0. The van der Waals surface area contributed by atoms with Crippen LogP contribution in [0.1, 0.15) is 28.2 Å². The Balaban J connectivity index is 3.19. The van der Waals surface area contributed by atoms with Crippen LogP contribution in [0.15, 0.2) is 24.3 Å². The number of Topliss-reactive ketones (excluding diaryl/α,β-unsaturated/α-hetero) is 1. The van der Waals surface area contributed by atoms with Crippen LogP contribution in [0, 0.1) is 0 Å². The van der Waals surface area contributed by atoms with Crippen LogP contribution >= 0.6 is 11.6 Å². The molecule has 0 aliphatic heterocycles. The Kier molecular flexibility index (Phi) is 3.25. The van der Waals surface area contributed by atoms with E-state index in [1.165, 1.54) is 13.0 Å². The monoisotopic (exact) mass is 212 g/mol. The van der Waals surface area contributed by atoms with Crippen LogP contribution in [0.25, 0.3) is 0 Å². The molecule has 14 heavy (non-hydrogen) atoms. The number of alkyl halides is 1. The van der Waals surface area contributed by atoms with E-state index in [0.29, 0.717) is 5.56 Å². The third kappa shape index (κ3) is 2.12.